The summed E-state index contributed by atoms with van der Waals surface area (Å²) in [6.07, 6.45) is 2.10. The molecule has 0 atom stereocenters. The van der Waals surface area contributed by atoms with Gasteiger partial charge in [0.05, 0.1) is 0 Å². The molecule has 2 aliphatic rings. The average Bonchev–Trinajstić information content (AvgIpc) is 2.51. The Labute approximate surface area is 140 Å². The molecule has 4 heteroatoms. The zero-order valence-corrected chi connectivity index (χ0v) is 13.9. The number of likely N-dealkylation sites (tertiary alicyclic amines) is 1. The van der Waals surface area contributed by atoms with E-state index >= 15 is 0 Å². The number of nitrogens with zero attached hydrogens (tertiary/aromatic N) is 1. The SMILES string of the molecule is CN1CCC2(CC1)c1cc(Cl)ccc1Oc1ccc(Cl)cc12. The Morgan fingerprint density at radius 3 is 1.91 bits per heavy atom. The van der Waals surface area contributed by atoms with Crippen molar-refractivity contribution in [1.29, 1.82) is 0 Å². The van der Waals surface area contributed by atoms with E-state index in [9.17, 15) is 0 Å². The molecule has 2 aromatic rings. The van der Waals surface area contributed by atoms with Crippen molar-refractivity contribution in [3.05, 3.63) is 57.6 Å². The summed E-state index contributed by atoms with van der Waals surface area (Å²) in [6.45, 7) is 2.11. The summed E-state index contributed by atoms with van der Waals surface area (Å²) in [7, 11) is 2.17. The molecule has 1 saturated heterocycles. The van der Waals surface area contributed by atoms with Crippen LogP contribution in [0.1, 0.15) is 24.0 Å². The maximum absolute atomic E-state index is 6.27. The molecule has 0 amide bonds. The number of halogens is 2. The number of hydrogen-bond donors (Lipinski definition) is 0. The van der Waals surface area contributed by atoms with Crippen molar-refractivity contribution in [1.82, 2.24) is 4.90 Å². The highest BCUT2D eigenvalue weighted by Crippen LogP contribution is 2.53. The van der Waals surface area contributed by atoms with E-state index in [1.54, 1.807) is 0 Å². The van der Waals surface area contributed by atoms with Gasteiger partial charge in [0.2, 0.25) is 0 Å². The van der Waals surface area contributed by atoms with Crippen LogP contribution in [0.15, 0.2) is 36.4 Å². The molecule has 2 heterocycles. The summed E-state index contributed by atoms with van der Waals surface area (Å²) in [5.41, 5.74) is 2.34. The van der Waals surface area contributed by atoms with E-state index in [4.69, 9.17) is 27.9 Å². The maximum atomic E-state index is 6.27. The lowest BCUT2D eigenvalue weighted by atomic mass is 9.66. The second-order valence-corrected chi connectivity index (χ2v) is 7.14. The highest BCUT2D eigenvalue weighted by atomic mass is 35.5. The van der Waals surface area contributed by atoms with Gasteiger partial charge in [0.25, 0.3) is 0 Å². The predicted molar refractivity (Wildman–Crippen MR) is 90.5 cm³/mol. The molecule has 2 aliphatic heterocycles. The van der Waals surface area contributed by atoms with Crippen LogP contribution in [0.4, 0.5) is 0 Å². The summed E-state index contributed by atoms with van der Waals surface area (Å²) < 4.78 is 6.11. The standard InChI is InChI=1S/C18H17Cl2NO/c1-21-8-6-18(7-9-21)14-10-12(19)2-4-16(14)22-17-5-3-13(20)11-15(17)18/h2-5,10-11H,6-9H2,1H3. The minimum atomic E-state index is -0.0504. The van der Waals surface area contributed by atoms with E-state index in [1.165, 1.54) is 11.1 Å². The minimum absolute atomic E-state index is 0.0504. The van der Waals surface area contributed by atoms with Crippen LogP contribution in [-0.4, -0.2) is 25.0 Å². The van der Waals surface area contributed by atoms with Gasteiger partial charge < -0.3 is 9.64 Å². The molecule has 0 aliphatic carbocycles. The van der Waals surface area contributed by atoms with Crippen molar-refractivity contribution in [3.8, 4) is 11.5 Å². The van der Waals surface area contributed by atoms with Crippen LogP contribution in [-0.2, 0) is 5.41 Å². The fourth-order valence-electron chi connectivity index (χ4n) is 3.73. The molecule has 2 aromatic carbocycles. The average molecular weight is 334 g/mol. The van der Waals surface area contributed by atoms with E-state index in [-0.39, 0.29) is 5.41 Å². The van der Waals surface area contributed by atoms with E-state index < -0.39 is 0 Å². The molecule has 4 rings (SSSR count). The first-order valence-electron chi connectivity index (χ1n) is 7.55. The second kappa shape index (κ2) is 5.16. The van der Waals surface area contributed by atoms with Crippen LogP contribution in [0.25, 0.3) is 0 Å². The molecular formula is C18H17Cl2NO. The monoisotopic (exact) mass is 333 g/mol. The van der Waals surface area contributed by atoms with Gasteiger partial charge in [0.1, 0.15) is 11.5 Å². The van der Waals surface area contributed by atoms with Gasteiger partial charge in [-0.25, -0.2) is 0 Å². The Bertz CT molecular complexity index is 682. The first-order chi connectivity index (χ1) is 10.6. The molecule has 1 fully saturated rings. The third-order valence-corrected chi connectivity index (χ3v) is 5.45. The molecule has 22 heavy (non-hydrogen) atoms. The fraction of sp³-hybridized carbons (Fsp3) is 0.333. The summed E-state index contributed by atoms with van der Waals surface area (Å²) in [4.78, 5) is 2.37. The normalized spacial score (nSPS) is 19.4. The Hall–Kier alpha value is -1.22. The predicted octanol–water partition coefficient (Wildman–Crippen LogP) is 5.11. The maximum Gasteiger partial charge on any atom is 0.131 e. The van der Waals surface area contributed by atoms with E-state index in [0.29, 0.717) is 0 Å². The number of hydrogen-bond acceptors (Lipinski definition) is 2. The molecule has 0 bridgehead atoms. The van der Waals surface area contributed by atoms with Crippen molar-refractivity contribution in [3.63, 3.8) is 0 Å². The molecule has 114 valence electrons. The topological polar surface area (TPSA) is 12.5 Å². The van der Waals surface area contributed by atoms with Crippen molar-refractivity contribution >= 4 is 23.2 Å². The Morgan fingerprint density at radius 2 is 1.41 bits per heavy atom. The number of ether oxygens (including phenoxy) is 1. The van der Waals surface area contributed by atoms with Gasteiger partial charge in [-0.15, -0.1) is 0 Å². The third-order valence-electron chi connectivity index (χ3n) is 4.97. The van der Waals surface area contributed by atoms with Gasteiger partial charge in [-0.05, 0) is 69.4 Å². The molecule has 0 saturated carbocycles. The van der Waals surface area contributed by atoms with Gasteiger partial charge >= 0.3 is 0 Å². The second-order valence-electron chi connectivity index (χ2n) is 6.27. The molecular weight excluding hydrogens is 317 g/mol. The fourth-order valence-corrected chi connectivity index (χ4v) is 4.08. The Kier molecular flexibility index (Phi) is 3.37. The van der Waals surface area contributed by atoms with Crippen LogP contribution in [0.5, 0.6) is 11.5 Å². The summed E-state index contributed by atoms with van der Waals surface area (Å²) in [5, 5.41) is 1.51. The van der Waals surface area contributed by atoms with Crippen LogP contribution >= 0.6 is 23.2 Å². The third kappa shape index (κ3) is 2.13. The van der Waals surface area contributed by atoms with Gasteiger partial charge in [0, 0.05) is 26.6 Å². The molecule has 0 aromatic heterocycles. The van der Waals surface area contributed by atoms with E-state index in [1.807, 2.05) is 24.3 Å². The number of rotatable bonds is 0. The van der Waals surface area contributed by atoms with Crippen LogP contribution in [0.2, 0.25) is 10.0 Å². The molecule has 0 radical (unpaired) electrons. The van der Waals surface area contributed by atoms with Gasteiger partial charge in [-0.2, -0.15) is 0 Å². The zero-order valence-electron chi connectivity index (χ0n) is 12.4. The van der Waals surface area contributed by atoms with Gasteiger partial charge in [-0.3, -0.25) is 0 Å². The van der Waals surface area contributed by atoms with E-state index in [0.717, 1.165) is 47.5 Å². The minimum Gasteiger partial charge on any atom is -0.457 e. The highest BCUT2D eigenvalue weighted by molar-refractivity contribution is 6.31. The Morgan fingerprint density at radius 1 is 0.909 bits per heavy atom. The van der Waals surface area contributed by atoms with Crippen LogP contribution in [0, 0.1) is 0 Å². The Balaban J connectivity index is 1.95. The first-order valence-corrected chi connectivity index (χ1v) is 8.30. The van der Waals surface area contributed by atoms with Crippen molar-refractivity contribution in [2.75, 3.05) is 20.1 Å². The number of piperidine rings is 1. The quantitative estimate of drug-likeness (QED) is 0.664. The summed E-state index contributed by atoms with van der Waals surface area (Å²) in [5.74, 6) is 1.84. The molecule has 2 nitrogen and oxygen atoms in total. The first kappa shape index (κ1) is 14.4. The highest BCUT2D eigenvalue weighted by Gasteiger charge is 2.44. The molecule has 0 N–H and O–H groups in total. The van der Waals surface area contributed by atoms with Crippen molar-refractivity contribution < 1.29 is 4.74 Å². The van der Waals surface area contributed by atoms with Crippen LogP contribution in [0.3, 0.4) is 0 Å². The lowest BCUT2D eigenvalue weighted by Crippen LogP contribution is -2.43. The molecule has 0 unspecified atom stereocenters. The van der Waals surface area contributed by atoms with E-state index in [2.05, 4.69) is 24.1 Å². The lowest BCUT2D eigenvalue weighted by molar-refractivity contribution is 0.202. The lowest BCUT2D eigenvalue weighted by Gasteiger charge is -2.45. The summed E-state index contributed by atoms with van der Waals surface area (Å²) in [6, 6.07) is 11.9. The largest absolute Gasteiger partial charge is 0.457 e. The smallest absolute Gasteiger partial charge is 0.131 e. The van der Waals surface area contributed by atoms with Crippen LogP contribution < -0.4 is 4.74 Å². The van der Waals surface area contributed by atoms with Crippen molar-refractivity contribution in [2.45, 2.75) is 18.3 Å². The van der Waals surface area contributed by atoms with Crippen molar-refractivity contribution in [2.24, 2.45) is 0 Å². The number of fused-ring (bicyclic) bond motifs is 4. The molecule has 1 spiro atoms. The number of benzene rings is 2. The van der Waals surface area contributed by atoms with Gasteiger partial charge in [-0.1, -0.05) is 23.2 Å². The summed E-state index contributed by atoms with van der Waals surface area (Å²) >= 11 is 12.5. The zero-order chi connectivity index (χ0) is 15.3. The van der Waals surface area contributed by atoms with Gasteiger partial charge in [0.15, 0.2) is 0 Å².